The number of nitrogens with zero attached hydrogens (tertiary/aromatic N) is 3. The van der Waals surface area contributed by atoms with Crippen LogP contribution >= 0.6 is 0 Å². The lowest BCUT2D eigenvalue weighted by Gasteiger charge is -2.57. The van der Waals surface area contributed by atoms with Crippen LogP contribution in [0.5, 0.6) is 0 Å². The van der Waals surface area contributed by atoms with Gasteiger partial charge in [-0.3, -0.25) is 0 Å². The van der Waals surface area contributed by atoms with Crippen molar-refractivity contribution in [2.75, 3.05) is 9.80 Å². The zero-order chi connectivity index (χ0) is 26.1. The summed E-state index contributed by atoms with van der Waals surface area (Å²) in [4.78, 5) is 10.3. The number of benzene rings is 3. The van der Waals surface area contributed by atoms with E-state index < -0.39 is 0 Å². The highest BCUT2D eigenvalue weighted by molar-refractivity contribution is 5.93. The van der Waals surface area contributed by atoms with Gasteiger partial charge in [0.2, 0.25) is 0 Å². The summed E-state index contributed by atoms with van der Waals surface area (Å²) in [6.07, 6.45) is 6.77. The molecule has 0 amide bonds. The van der Waals surface area contributed by atoms with Crippen LogP contribution in [0.3, 0.4) is 0 Å². The predicted molar refractivity (Wildman–Crippen MR) is 159 cm³/mol. The molecule has 38 heavy (non-hydrogen) atoms. The number of hydrogen-bond donors (Lipinski definition) is 0. The third-order valence-corrected chi connectivity index (χ3v) is 9.93. The standard InChI is InChI=1S/C35H37N3/c1-5-28-27-23-25-18-19-30(27)38-32-31(17-12-22-36-32)37(33(38)35(28,6-2)21-20-34(25,3)4)29-16-11-10-15-26(29)24-13-8-7-9-14-24/h7-19,22-23,28,33H,5-6,20-21H2,1-4H3. The van der Waals surface area contributed by atoms with E-state index in [1.54, 1.807) is 0 Å². The summed E-state index contributed by atoms with van der Waals surface area (Å²) < 4.78 is 0. The molecule has 2 aliphatic heterocycles. The first-order valence-electron chi connectivity index (χ1n) is 14.3. The molecule has 0 saturated carbocycles. The van der Waals surface area contributed by atoms with Crippen molar-refractivity contribution in [3.63, 3.8) is 0 Å². The molecule has 1 aliphatic carbocycles. The number of para-hydroxylation sites is 1. The van der Waals surface area contributed by atoms with Crippen LogP contribution in [0.25, 0.3) is 11.1 Å². The smallest absolute Gasteiger partial charge is 0.158 e. The number of anilines is 4. The molecule has 0 fully saturated rings. The summed E-state index contributed by atoms with van der Waals surface area (Å²) in [6.45, 7) is 9.70. The minimum atomic E-state index is 0.0859. The van der Waals surface area contributed by atoms with Crippen molar-refractivity contribution in [2.24, 2.45) is 5.41 Å². The Bertz CT molecular complexity index is 1510. The molecule has 3 heterocycles. The number of aromatic nitrogens is 1. The van der Waals surface area contributed by atoms with Gasteiger partial charge < -0.3 is 9.80 Å². The fourth-order valence-electron chi connectivity index (χ4n) is 7.88. The van der Waals surface area contributed by atoms with Gasteiger partial charge in [-0.15, -0.1) is 0 Å². The van der Waals surface area contributed by atoms with Gasteiger partial charge in [0.25, 0.3) is 0 Å². The molecule has 3 aromatic carbocycles. The molecule has 3 nitrogen and oxygen atoms in total. The van der Waals surface area contributed by atoms with Gasteiger partial charge in [-0.1, -0.05) is 88.4 Å². The van der Waals surface area contributed by atoms with Gasteiger partial charge in [0.15, 0.2) is 5.82 Å². The van der Waals surface area contributed by atoms with Gasteiger partial charge in [-0.25, -0.2) is 4.98 Å². The van der Waals surface area contributed by atoms with Crippen LogP contribution in [0.1, 0.15) is 70.4 Å². The maximum atomic E-state index is 5.06. The maximum Gasteiger partial charge on any atom is 0.158 e. The van der Waals surface area contributed by atoms with Crippen LogP contribution in [0, 0.1) is 5.41 Å². The van der Waals surface area contributed by atoms with E-state index in [0.29, 0.717) is 5.92 Å². The second-order valence-electron chi connectivity index (χ2n) is 12.0. The van der Waals surface area contributed by atoms with E-state index in [-0.39, 0.29) is 17.0 Å². The summed E-state index contributed by atoms with van der Waals surface area (Å²) >= 11 is 0. The first kappa shape index (κ1) is 23.5. The van der Waals surface area contributed by atoms with Gasteiger partial charge >= 0.3 is 0 Å². The molecule has 3 bridgehead atoms. The first-order valence-corrected chi connectivity index (χ1v) is 14.3. The second kappa shape index (κ2) is 8.46. The van der Waals surface area contributed by atoms with E-state index in [1.807, 2.05) is 6.20 Å². The van der Waals surface area contributed by atoms with Crippen molar-refractivity contribution in [3.8, 4) is 11.1 Å². The maximum absolute atomic E-state index is 5.06. The molecule has 1 aromatic heterocycles. The van der Waals surface area contributed by atoms with E-state index in [0.717, 1.165) is 18.7 Å². The Hall–Kier alpha value is -3.59. The molecular weight excluding hydrogens is 462 g/mol. The summed E-state index contributed by atoms with van der Waals surface area (Å²) in [5, 5.41) is 0. The Kier molecular flexibility index (Phi) is 5.24. The number of fused-ring (bicyclic) bond motifs is 7. The minimum absolute atomic E-state index is 0.0859. The normalized spacial score (nSPS) is 24.5. The third-order valence-electron chi connectivity index (χ3n) is 9.93. The zero-order valence-electron chi connectivity index (χ0n) is 23.0. The lowest BCUT2D eigenvalue weighted by molar-refractivity contribution is 0.119. The average molecular weight is 500 g/mol. The van der Waals surface area contributed by atoms with Gasteiger partial charge in [-0.2, -0.15) is 0 Å². The largest absolute Gasteiger partial charge is 0.316 e. The Balaban J connectivity index is 1.55. The van der Waals surface area contributed by atoms with Crippen LogP contribution in [0.2, 0.25) is 0 Å². The van der Waals surface area contributed by atoms with E-state index in [2.05, 4.69) is 122 Å². The molecule has 0 saturated heterocycles. The van der Waals surface area contributed by atoms with Gasteiger partial charge in [0, 0.05) is 22.9 Å². The fraction of sp³-hybridized carbons (Fsp3) is 0.343. The molecule has 7 rings (SSSR count). The molecule has 0 radical (unpaired) electrons. The topological polar surface area (TPSA) is 19.4 Å². The SMILES string of the molecule is CCC1c2cc3ccc2N2c4ncccc4N(c4ccccc4-c4ccccc4)C2C1(CC)CCC3(C)C. The summed E-state index contributed by atoms with van der Waals surface area (Å²) in [6, 6.07) is 31.5. The fourth-order valence-corrected chi connectivity index (χ4v) is 7.88. The highest BCUT2D eigenvalue weighted by Crippen LogP contribution is 2.65. The average Bonchev–Trinajstić information content (AvgIpc) is 3.31. The quantitative estimate of drug-likeness (QED) is 0.279. The highest BCUT2D eigenvalue weighted by atomic mass is 15.5. The van der Waals surface area contributed by atoms with Gasteiger partial charge in [-0.05, 0) is 78.0 Å². The monoisotopic (exact) mass is 499 g/mol. The summed E-state index contributed by atoms with van der Waals surface area (Å²) in [5.74, 6) is 1.59. The molecule has 0 spiro atoms. The molecule has 4 aromatic rings. The lowest BCUT2D eigenvalue weighted by Crippen LogP contribution is -2.58. The zero-order valence-corrected chi connectivity index (χ0v) is 23.0. The second-order valence-corrected chi connectivity index (χ2v) is 12.0. The van der Waals surface area contributed by atoms with Crippen LogP contribution in [0.4, 0.5) is 22.9 Å². The summed E-state index contributed by atoms with van der Waals surface area (Å²) in [5.41, 5.74) is 9.59. The van der Waals surface area contributed by atoms with Crippen molar-refractivity contribution in [2.45, 2.75) is 70.9 Å². The Morgan fingerprint density at radius 1 is 0.789 bits per heavy atom. The van der Waals surface area contributed by atoms with E-state index in [9.17, 15) is 0 Å². The van der Waals surface area contributed by atoms with E-state index in [4.69, 9.17) is 4.98 Å². The molecule has 3 aliphatic rings. The van der Waals surface area contributed by atoms with Gasteiger partial charge in [0.1, 0.15) is 6.17 Å². The number of rotatable bonds is 4. The third kappa shape index (κ3) is 3.11. The van der Waals surface area contributed by atoms with E-state index in [1.165, 1.54) is 52.2 Å². The predicted octanol–water partition coefficient (Wildman–Crippen LogP) is 9.34. The molecule has 192 valence electrons. The van der Waals surface area contributed by atoms with Crippen molar-refractivity contribution in [3.05, 3.63) is 102 Å². The highest BCUT2D eigenvalue weighted by Gasteiger charge is 2.59. The Morgan fingerprint density at radius 2 is 1.55 bits per heavy atom. The van der Waals surface area contributed by atoms with Crippen molar-refractivity contribution in [1.82, 2.24) is 4.98 Å². The van der Waals surface area contributed by atoms with Crippen LogP contribution in [0.15, 0.2) is 91.1 Å². The Labute approximate surface area is 227 Å². The molecule has 0 N–H and O–H groups in total. The number of hydrogen-bond acceptors (Lipinski definition) is 3. The molecule has 3 unspecified atom stereocenters. The number of pyridine rings is 1. The van der Waals surface area contributed by atoms with Crippen LogP contribution < -0.4 is 9.80 Å². The summed E-state index contributed by atoms with van der Waals surface area (Å²) in [7, 11) is 0. The van der Waals surface area contributed by atoms with E-state index >= 15 is 0 Å². The van der Waals surface area contributed by atoms with Crippen molar-refractivity contribution in [1.29, 1.82) is 0 Å². The lowest BCUT2D eigenvalue weighted by atomic mass is 9.57. The van der Waals surface area contributed by atoms with Crippen molar-refractivity contribution < 1.29 is 0 Å². The van der Waals surface area contributed by atoms with Crippen LogP contribution in [-0.2, 0) is 5.41 Å². The molecular formula is C35H37N3. The first-order chi connectivity index (χ1) is 18.5. The van der Waals surface area contributed by atoms with Crippen LogP contribution in [-0.4, -0.2) is 11.1 Å². The molecule has 3 atom stereocenters. The minimum Gasteiger partial charge on any atom is -0.316 e. The molecule has 3 heteroatoms. The Morgan fingerprint density at radius 3 is 2.34 bits per heavy atom. The van der Waals surface area contributed by atoms with Gasteiger partial charge in [0.05, 0.1) is 11.4 Å². The van der Waals surface area contributed by atoms with Crippen molar-refractivity contribution >= 4 is 22.9 Å².